The Kier molecular flexibility index (Phi) is 8.40. The van der Waals surface area contributed by atoms with Gasteiger partial charge in [-0.2, -0.15) is 22.0 Å². The molecule has 1 fully saturated rings. The SMILES string of the molecule is CN(C)S(=O)(=O)N1CCN(c2cc(Cl)nc(-n3ccnc3)n2)C(CC(=O)NCCc2ccc3c(c2)OCCO3)C1. The molecular formula is C25H31ClN8O5S. The molecule has 0 saturated carbocycles. The maximum Gasteiger partial charge on any atom is 0.281 e. The quantitative estimate of drug-likeness (QED) is 0.364. The number of benzene rings is 1. The van der Waals surface area contributed by atoms with Crippen LogP contribution in [0.1, 0.15) is 12.0 Å². The Labute approximate surface area is 237 Å². The fourth-order valence-electron chi connectivity index (χ4n) is 4.65. The molecule has 2 aromatic heterocycles. The fraction of sp³-hybridized carbons (Fsp3) is 0.440. The minimum absolute atomic E-state index is 0.0582. The number of rotatable bonds is 9. The third-order valence-electron chi connectivity index (χ3n) is 6.70. The summed E-state index contributed by atoms with van der Waals surface area (Å²) in [5, 5.41) is 3.19. The van der Waals surface area contributed by atoms with Crippen LogP contribution in [0.4, 0.5) is 5.82 Å². The molecule has 13 nitrogen and oxygen atoms in total. The van der Waals surface area contributed by atoms with Crippen LogP contribution in [0.3, 0.4) is 0 Å². The Morgan fingerprint density at radius 1 is 1.15 bits per heavy atom. The second-order valence-corrected chi connectivity index (χ2v) is 12.1. The number of anilines is 1. The molecule has 0 spiro atoms. The first-order valence-corrected chi connectivity index (χ1v) is 14.6. The molecule has 15 heteroatoms. The number of halogens is 1. The summed E-state index contributed by atoms with van der Waals surface area (Å²) < 4.78 is 41.2. The van der Waals surface area contributed by atoms with Crippen molar-refractivity contribution in [2.24, 2.45) is 0 Å². The zero-order chi connectivity index (χ0) is 28.3. The third kappa shape index (κ3) is 6.30. The first kappa shape index (κ1) is 28.1. The normalized spacial score (nSPS) is 17.7. The summed E-state index contributed by atoms with van der Waals surface area (Å²) in [5.41, 5.74) is 1.01. The lowest BCUT2D eigenvalue weighted by molar-refractivity contribution is -0.121. The average Bonchev–Trinajstić information content (AvgIpc) is 3.48. The van der Waals surface area contributed by atoms with Gasteiger partial charge in [-0.05, 0) is 24.1 Å². The second kappa shape index (κ2) is 12.0. The minimum atomic E-state index is -3.67. The fourth-order valence-corrected chi connectivity index (χ4v) is 5.96. The van der Waals surface area contributed by atoms with Gasteiger partial charge in [0.15, 0.2) is 11.5 Å². The zero-order valence-corrected chi connectivity index (χ0v) is 23.8. The van der Waals surface area contributed by atoms with E-state index >= 15 is 0 Å². The van der Waals surface area contributed by atoms with Crippen LogP contribution < -0.4 is 19.7 Å². The Bertz CT molecular complexity index is 1450. The first-order valence-electron chi connectivity index (χ1n) is 12.8. The lowest BCUT2D eigenvalue weighted by Crippen LogP contribution is -2.58. The summed E-state index contributed by atoms with van der Waals surface area (Å²) >= 11 is 6.33. The van der Waals surface area contributed by atoms with Crippen LogP contribution in [0, 0.1) is 0 Å². The number of hydrogen-bond acceptors (Lipinski definition) is 9. The molecule has 1 unspecified atom stereocenters. The van der Waals surface area contributed by atoms with Gasteiger partial charge in [-0.25, -0.2) is 9.97 Å². The van der Waals surface area contributed by atoms with E-state index in [1.807, 2.05) is 23.1 Å². The van der Waals surface area contributed by atoms with Crippen molar-refractivity contribution in [2.75, 3.05) is 58.4 Å². The summed E-state index contributed by atoms with van der Waals surface area (Å²) in [7, 11) is -0.694. The molecule has 0 aliphatic carbocycles. The molecule has 3 aromatic rings. The van der Waals surface area contributed by atoms with Crippen molar-refractivity contribution in [3.63, 3.8) is 0 Å². The molecule has 0 radical (unpaired) electrons. The molecule has 1 saturated heterocycles. The van der Waals surface area contributed by atoms with Gasteiger partial charge in [0, 0.05) is 65.2 Å². The minimum Gasteiger partial charge on any atom is -0.486 e. The Balaban J connectivity index is 1.30. The number of hydrogen-bond donors (Lipinski definition) is 1. The Morgan fingerprint density at radius 2 is 1.95 bits per heavy atom. The predicted molar refractivity (Wildman–Crippen MR) is 148 cm³/mol. The van der Waals surface area contributed by atoms with Crippen LogP contribution in [-0.2, 0) is 21.4 Å². The Hall–Kier alpha value is -3.46. The monoisotopic (exact) mass is 590 g/mol. The van der Waals surface area contributed by atoms with Crippen molar-refractivity contribution in [2.45, 2.75) is 18.9 Å². The standard InChI is InChI=1S/C25H31ClN8O5S/c1-31(2)40(36,37)33-9-10-34(23-15-22(26)29-25(30-23)32-8-7-27-17-32)19(16-33)14-24(35)28-6-5-18-3-4-20-21(13-18)39-12-11-38-20/h3-4,7-8,13,15,17,19H,5-6,9-12,14,16H2,1-2H3,(H,28,35). The second-order valence-electron chi connectivity index (χ2n) is 9.60. The molecule has 0 bridgehead atoms. The van der Waals surface area contributed by atoms with Crippen molar-refractivity contribution < 1.29 is 22.7 Å². The zero-order valence-electron chi connectivity index (χ0n) is 22.2. The van der Waals surface area contributed by atoms with E-state index in [0.29, 0.717) is 50.2 Å². The molecule has 1 amide bonds. The van der Waals surface area contributed by atoms with E-state index in [0.717, 1.165) is 11.3 Å². The van der Waals surface area contributed by atoms with Gasteiger partial charge in [-0.15, -0.1) is 0 Å². The van der Waals surface area contributed by atoms with Gasteiger partial charge >= 0.3 is 0 Å². The highest BCUT2D eigenvalue weighted by Gasteiger charge is 2.36. The molecular weight excluding hydrogens is 560 g/mol. The van der Waals surface area contributed by atoms with Gasteiger partial charge in [0.05, 0.1) is 6.04 Å². The van der Waals surface area contributed by atoms with Crippen LogP contribution >= 0.6 is 11.6 Å². The van der Waals surface area contributed by atoms with Crippen LogP contribution in [0.25, 0.3) is 5.95 Å². The molecule has 2 aliphatic heterocycles. The van der Waals surface area contributed by atoms with Crippen molar-refractivity contribution in [1.82, 2.24) is 33.4 Å². The van der Waals surface area contributed by atoms with Crippen molar-refractivity contribution in [1.29, 1.82) is 0 Å². The molecule has 2 aliphatic rings. The van der Waals surface area contributed by atoms with Gasteiger partial charge in [0.25, 0.3) is 10.2 Å². The molecule has 214 valence electrons. The number of fused-ring (bicyclic) bond motifs is 1. The van der Waals surface area contributed by atoms with Crippen molar-refractivity contribution in [3.8, 4) is 17.4 Å². The number of nitrogens with one attached hydrogen (secondary N) is 1. The van der Waals surface area contributed by atoms with Gasteiger partial charge in [0.1, 0.15) is 30.5 Å². The van der Waals surface area contributed by atoms with Gasteiger partial charge in [-0.3, -0.25) is 9.36 Å². The van der Waals surface area contributed by atoms with Crippen LogP contribution in [0.15, 0.2) is 43.0 Å². The third-order valence-corrected chi connectivity index (χ3v) is 8.80. The number of carbonyl (C=O) groups is 1. The Morgan fingerprint density at radius 3 is 2.70 bits per heavy atom. The van der Waals surface area contributed by atoms with E-state index in [1.165, 1.54) is 22.7 Å². The van der Waals surface area contributed by atoms with Crippen molar-refractivity contribution in [3.05, 3.63) is 53.7 Å². The number of nitrogens with zero attached hydrogens (tertiary/aromatic N) is 7. The maximum atomic E-state index is 13.1. The number of carbonyl (C=O) groups excluding carboxylic acids is 1. The van der Waals surface area contributed by atoms with E-state index in [4.69, 9.17) is 21.1 Å². The van der Waals surface area contributed by atoms with Crippen LogP contribution in [0.5, 0.6) is 11.5 Å². The lowest BCUT2D eigenvalue weighted by atomic mass is 10.1. The molecule has 4 heterocycles. The number of amides is 1. The van der Waals surface area contributed by atoms with E-state index in [9.17, 15) is 13.2 Å². The van der Waals surface area contributed by atoms with Gasteiger partial charge in [0.2, 0.25) is 11.9 Å². The largest absolute Gasteiger partial charge is 0.486 e. The maximum absolute atomic E-state index is 13.1. The van der Waals surface area contributed by atoms with Gasteiger partial charge < -0.3 is 19.7 Å². The number of ether oxygens (including phenoxy) is 2. The molecule has 1 aromatic carbocycles. The number of aromatic nitrogens is 4. The lowest BCUT2D eigenvalue weighted by Gasteiger charge is -2.41. The molecule has 1 N–H and O–H groups in total. The van der Waals surface area contributed by atoms with Crippen LogP contribution in [0.2, 0.25) is 5.15 Å². The summed E-state index contributed by atoms with van der Waals surface area (Å²) in [6.45, 7) is 2.10. The number of piperazine rings is 1. The highest BCUT2D eigenvalue weighted by molar-refractivity contribution is 7.86. The van der Waals surface area contributed by atoms with Gasteiger partial charge in [-0.1, -0.05) is 17.7 Å². The average molecular weight is 591 g/mol. The first-order chi connectivity index (χ1) is 19.2. The highest BCUT2D eigenvalue weighted by atomic mass is 35.5. The molecule has 40 heavy (non-hydrogen) atoms. The molecule has 5 rings (SSSR count). The van der Waals surface area contributed by atoms with E-state index in [2.05, 4.69) is 20.3 Å². The smallest absolute Gasteiger partial charge is 0.281 e. The van der Waals surface area contributed by atoms with E-state index in [-0.39, 0.29) is 30.6 Å². The number of imidazole rings is 1. The topological polar surface area (TPSA) is 135 Å². The highest BCUT2D eigenvalue weighted by Crippen LogP contribution is 2.31. The van der Waals surface area contributed by atoms with Crippen LogP contribution in [-0.4, -0.2) is 102 Å². The summed E-state index contributed by atoms with van der Waals surface area (Å²) in [4.78, 5) is 27.9. The summed E-state index contributed by atoms with van der Waals surface area (Å²) in [5.74, 6) is 2.04. The summed E-state index contributed by atoms with van der Waals surface area (Å²) in [6, 6.07) is 6.87. The molecule has 1 atom stereocenters. The van der Waals surface area contributed by atoms with E-state index < -0.39 is 16.3 Å². The van der Waals surface area contributed by atoms with E-state index in [1.54, 1.807) is 29.4 Å². The van der Waals surface area contributed by atoms with Crippen molar-refractivity contribution >= 4 is 33.5 Å². The summed E-state index contributed by atoms with van der Waals surface area (Å²) in [6.07, 6.45) is 5.52. The predicted octanol–water partition coefficient (Wildman–Crippen LogP) is 1.13.